The fourth-order valence-corrected chi connectivity index (χ4v) is 1.05. The van der Waals surface area contributed by atoms with Crippen molar-refractivity contribution in [2.45, 2.75) is 26.2 Å². The molecule has 1 aromatic rings. The number of aryl methyl sites for hydroxylation is 1. The van der Waals surface area contributed by atoms with Crippen LogP contribution in [0.5, 0.6) is 0 Å². The first-order chi connectivity index (χ1) is 7.61. The number of rotatable bonds is 5. The van der Waals surface area contributed by atoms with Crippen molar-refractivity contribution in [1.82, 2.24) is 9.97 Å². The molecule has 0 aliphatic heterocycles. The molecular weight excluding hydrogens is 210 g/mol. The van der Waals surface area contributed by atoms with Crippen LogP contribution >= 0.6 is 0 Å². The van der Waals surface area contributed by atoms with Crippen molar-refractivity contribution < 1.29 is 14.7 Å². The highest BCUT2D eigenvalue weighted by Crippen LogP contribution is 2.04. The second-order valence-electron chi connectivity index (χ2n) is 3.18. The van der Waals surface area contributed by atoms with Crippen LogP contribution in [-0.2, 0) is 16.0 Å². The summed E-state index contributed by atoms with van der Waals surface area (Å²) < 4.78 is 0. The number of aliphatic carboxylic acids is 1. The van der Waals surface area contributed by atoms with E-state index >= 15 is 0 Å². The van der Waals surface area contributed by atoms with Gasteiger partial charge in [0.05, 0.1) is 24.5 Å². The largest absolute Gasteiger partial charge is 0.481 e. The fourth-order valence-electron chi connectivity index (χ4n) is 1.05. The number of aromatic nitrogens is 2. The average molecular weight is 223 g/mol. The van der Waals surface area contributed by atoms with E-state index in [1.165, 1.54) is 12.4 Å². The summed E-state index contributed by atoms with van der Waals surface area (Å²) in [6.07, 6.45) is 3.51. The molecule has 0 aliphatic rings. The van der Waals surface area contributed by atoms with Gasteiger partial charge in [-0.05, 0) is 0 Å². The van der Waals surface area contributed by atoms with Gasteiger partial charge in [-0.15, -0.1) is 0 Å². The number of carboxylic acid groups (broad SMARTS) is 1. The lowest BCUT2D eigenvalue weighted by atomic mass is 10.3. The molecule has 6 nitrogen and oxygen atoms in total. The Kier molecular flexibility index (Phi) is 4.38. The smallest absolute Gasteiger partial charge is 0.303 e. The predicted octanol–water partition coefficient (Wildman–Crippen LogP) is 0.842. The number of carboxylic acids is 1. The van der Waals surface area contributed by atoms with Crippen molar-refractivity contribution in [3.8, 4) is 0 Å². The van der Waals surface area contributed by atoms with Gasteiger partial charge >= 0.3 is 5.97 Å². The third-order valence-electron chi connectivity index (χ3n) is 1.87. The van der Waals surface area contributed by atoms with Gasteiger partial charge in [-0.25, -0.2) is 9.97 Å². The molecule has 0 aromatic carbocycles. The number of amides is 1. The zero-order valence-electron chi connectivity index (χ0n) is 8.93. The molecule has 1 rings (SSSR count). The summed E-state index contributed by atoms with van der Waals surface area (Å²) in [6, 6.07) is 0. The fraction of sp³-hybridized carbons (Fsp3) is 0.400. The maximum atomic E-state index is 11.2. The molecule has 16 heavy (non-hydrogen) atoms. The molecule has 0 atom stereocenters. The van der Waals surface area contributed by atoms with Crippen LogP contribution in [0.2, 0.25) is 0 Å². The van der Waals surface area contributed by atoms with Crippen LogP contribution in [0.3, 0.4) is 0 Å². The van der Waals surface area contributed by atoms with Gasteiger partial charge < -0.3 is 10.4 Å². The Balaban J connectivity index is 2.46. The van der Waals surface area contributed by atoms with Crippen molar-refractivity contribution in [2.24, 2.45) is 0 Å². The number of hydrogen-bond donors (Lipinski definition) is 2. The quantitative estimate of drug-likeness (QED) is 0.771. The zero-order chi connectivity index (χ0) is 12.0. The van der Waals surface area contributed by atoms with Crippen LogP contribution < -0.4 is 5.32 Å². The lowest BCUT2D eigenvalue weighted by Gasteiger charge is -2.03. The molecule has 6 heteroatoms. The second kappa shape index (κ2) is 5.79. The Bertz CT molecular complexity index is 375. The highest BCUT2D eigenvalue weighted by Gasteiger charge is 2.06. The van der Waals surface area contributed by atoms with E-state index in [-0.39, 0.29) is 18.7 Å². The average Bonchev–Trinajstić information content (AvgIpc) is 2.27. The van der Waals surface area contributed by atoms with Crippen molar-refractivity contribution in [3.05, 3.63) is 18.2 Å². The van der Waals surface area contributed by atoms with E-state index in [1.807, 2.05) is 6.92 Å². The van der Waals surface area contributed by atoms with Crippen LogP contribution in [0.1, 0.15) is 25.6 Å². The summed E-state index contributed by atoms with van der Waals surface area (Å²) in [5.41, 5.74) is 0.479. The Morgan fingerprint density at radius 1 is 1.31 bits per heavy atom. The highest BCUT2D eigenvalue weighted by molar-refractivity contribution is 5.92. The second-order valence-corrected chi connectivity index (χ2v) is 3.18. The highest BCUT2D eigenvalue weighted by atomic mass is 16.4. The monoisotopic (exact) mass is 223 g/mol. The number of anilines is 1. The molecular formula is C10H13N3O3. The Labute approximate surface area is 92.7 Å². The van der Waals surface area contributed by atoms with E-state index < -0.39 is 5.97 Å². The van der Waals surface area contributed by atoms with Crippen LogP contribution in [0.25, 0.3) is 0 Å². The third kappa shape index (κ3) is 4.04. The van der Waals surface area contributed by atoms with E-state index in [1.54, 1.807) is 0 Å². The van der Waals surface area contributed by atoms with Gasteiger partial charge in [-0.2, -0.15) is 0 Å². The van der Waals surface area contributed by atoms with Crippen molar-refractivity contribution >= 4 is 17.6 Å². The summed E-state index contributed by atoms with van der Waals surface area (Å²) >= 11 is 0. The summed E-state index contributed by atoms with van der Waals surface area (Å²) in [5, 5.41) is 10.9. The summed E-state index contributed by atoms with van der Waals surface area (Å²) in [5.74, 6) is -0.647. The normalized spacial score (nSPS) is 9.81. The van der Waals surface area contributed by atoms with Gasteiger partial charge in [0.15, 0.2) is 0 Å². The molecule has 86 valence electrons. The first kappa shape index (κ1) is 12.1. The minimum Gasteiger partial charge on any atom is -0.481 e. The van der Waals surface area contributed by atoms with Crippen molar-refractivity contribution in [3.63, 3.8) is 0 Å². The molecule has 0 bridgehead atoms. The van der Waals surface area contributed by atoms with E-state index in [0.717, 1.165) is 6.42 Å². The number of nitrogens with zero attached hydrogens (tertiary/aromatic N) is 2. The molecule has 0 unspecified atom stereocenters. The van der Waals surface area contributed by atoms with E-state index in [0.29, 0.717) is 11.5 Å². The van der Waals surface area contributed by atoms with Gasteiger partial charge in [0.25, 0.3) is 0 Å². The minimum atomic E-state index is -0.993. The van der Waals surface area contributed by atoms with E-state index in [4.69, 9.17) is 5.11 Å². The molecule has 0 saturated carbocycles. The predicted molar refractivity (Wildman–Crippen MR) is 56.9 cm³/mol. The van der Waals surface area contributed by atoms with Gasteiger partial charge in [0, 0.05) is 12.8 Å². The number of carbonyl (C=O) groups is 2. The number of nitrogens with one attached hydrogen (secondary N) is 1. The minimum absolute atomic E-state index is 0.0507. The van der Waals surface area contributed by atoms with Gasteiger partial charge in [0.2, 0.25) is 5.91 Å². The van der Waals surface area contributed by atoms with Gasteiger partial charge in [-0.3, -0.25) is 9.59 Å². The maximum absolute atomic E-state index is 11.2. The molecule has 0 saturated heterocycles. The van der Waals surface area contributed by atoms with Crippen LogP contribution in [0.15, 0.2) is 12.4 Å². The molecule has 1 amide bonds. The molecule has 1 aromatic heterocycles. The molecule has 0 spiro atoms. The lowest BCUT2D eigenvalue weighted by Crippen LogP contribution is -2.13. The molecule has 0 radical (unpaired) electrons. The third-order valence-corrected chi connectivity index (χ3v) is 1.87. The Morgan fingerprint density at radius 3 is 2.44 bits per heavy atom. The van der Waals surface area contributed by atoms with Crippen LogP contribution in [0, 0.1) is 0 Å². The zero-order valence-corrected chi connectivity index (χ0v) is 8.93. The van der Waals surface area contributed by atoms with E-state index in [9.17, 15) is 9.59 Å². The maximum Gasteiger partial charge on any atom is 0.303 e. The lowest BCUT2D eigenvalue weighted by molar-refractivity contribution is -0.138. The topological polar surface area (TPSA) is 92.2 Å². The summed E-state index contributed by atoms with van der Waals surface area (Å²) in [4.78, 5) is 29.5. The number of hydrogen-bond acceptors (Lipinski definition) is 4. The SMILES string of the molecule is CCc1ncc(NC(=O)CCC(=O)O)cn1. The Morgan fingerprint density at radius 2 is 1.94 bits per heavy atom. The van der Waals surface area contributed by atoms with Crippen molar-refractivity contribution in [1.29, 1.82) is 0 Å². The molecule has 0 aliphatic carbocycles. The number of carbonyl (C=O) groups excluding carboxylic acids is 1. The van der Waals surface area contributed by atoms with Crippen molar-refractivity contribution in [2.75, 3.05) is 5.32 Å². The Hall–Kier alpha value is -1.98. The van der Waals surface area contributed by atoms with Crippen LogP contribution in [0.4, 0.5) is 5.69 Å². The van der Waals surface area contributed by atoms with Gasteiger partial charge in [-0.1, -0.05) is 6.92 Å². The van der Waals surface area contributed by atoms with E-state index in [2.05, 4.69) is 15.3 Å². The molecule has 2 N–H and O–H groups in total. The summed E-state index contributed by atoms with van der Waals surface area (Å²) in [7, 11) is 0. The van der Waals surface area contributed by atoms with Gasteiger partial charge in [0.1, 0.15) is 5.82 Å². The van der Waals surface area contributed by atoms with Crippen LogP contribution in [-0.4, -0.2) is 27.0 Å². The standard InChI is InChI=1S/C10H13N3O3/c1-2-8-11-5-7(6-12-8)13-9(14)3-4-10(15)16/h5-6H,2-4H2,1H3,(H,13,14)(H,15,16). The first-order valence-electron chi connectivity index (χ1n) is 4.94. The molecule has 0 fully saturated rings. The molecule has 1 heterocycles. The first-order valence-corrected chi connectivity index (χ1v) is 4.94. The summed E-state index contributed by atoms with van der Waals surface area (Å²) in [6.45, 7) is 1.93.